The van der Waals surface area contributed by atoms with Crippen LogP contribution in [0.4, 0.5) is 0 Å². The summed E-state index contributed by atoms with van der Waals surface area (Å²) in [5.74, 6) is 0.310. The highest BCUT2D eigenvalue weighted by atomic mass is 16.3. The number of amides is 1. The van der Waals surface area contributed by atoms with E-state index in [-0.39, 0.29) is 17.9 Å². The van der Waals surface area contributed by atoms with Gasteiger partial charge in [0.1, 0.15) is 0 Å². The van der Waals surface area contributed by atoms with Crippen LogP contribution in [0.2, 0.25) is 0 Å². The standard InChI is InChI=1S/C13H17N5O2/c1-13(2,8-19)7-14-12(20)10-5-3-9(4-6-10)11-15-17-18-16-11/h3-6,19H,7-8H2,1-2H3,(H,14,20)(H,15,16,17,18). The SMILES string of the molecule is CC(C)(CO)CNC(=O)c1ccc(-c2nn[nH]n2)cc1. The Hall–Kier alpha value is -2.28. The molecule has 0 unspecified atom stereocenters. The first-order valence-electron chi connectivity index (χ1n) is 6.25. The van der Waals surface area contributed by atoms with Crippen molar-refractivity contribution in [1.82, 2.24) is 25.9 Å². The molecule has 0 aliphatic carbocycles. The van der Waals surface area contributed by atoms with Crippen molar-refractivity contribution in [1.29, 1.82) is 0 Å². The summed E-state index contributed by atoms with van der Waals surface area (Å²) in [5, 5.41) is 25.5. The van der Waals surface area contributed by atoms with Gasteiger partial charge in [0, 0.05) is 29.7 Å². The molecule has 1 aromatic carbocycles. The van der Waals surface area contributed by atoms with Crippen molar-refractivity contribution in [2.24, 2.45) is 5.41 Å². The molecule has 0 radical (unpaired) electrons. The topological polar surface area (TPSA) is 104 Å². The summed E-state index contributed by atoms with van der Waals surface area (Å²) in [7, 11) is 0. The van der Waals surface area contributed by atoms with E-state index in [0.29, 0.717) is 17.9 Å². The van der Waals surface area contributed by atoms with E-state index in [0.717, 1.165) is 5.56 Å². The van der Waals surface area contributed by atoms with Crippen molar-refractivity contribution in [3.8, 4) is 11.4 Å². The molecular formula is C13H17N5O2. The molecule has 20 heavy (non-hydrogen) atoms. The molecule has 0 spiro atoms. The Morgan fingerprint density at radius 1 is 1.35 bits per heavy atom. The molecule has 106 valence electrons. The number of hydrogen-bond acceptors (Lipinski definition) is 5. The number of rotatable bonds is 5. The van der Waals surface area contributed by atoms with Crippen molar-refractivity contribution in [3.63, 3.8) is 0 Å². The second-order valence-corrected chi connectivity index (χ2v) is 5.32. The van der Waals surface area contributed by atoms with E-state index in [2.05, 4.69) is 25.9 Å². The van der Waals surface area contributed by atoms with Gasteiger partial charge in [0.25, 0.3) is 5.91 Å². The van der Waals surface area contributed by atoms with E-state index in [1.165, 1.54) is 0 Å². The van der Waals surface area contributed by atoms with Crippen LogP contribution in [0.15, 0.2) is 24.3 Å². The average Bonchev–Trinajstić information content (AvgIpc) is 2.99. The van der Waals surface area contributed by atoms with E-state index in [1.807, 2.05) is 13.8 Å². The van der Waals surface area contributed by atoms with Crippen LogP contribution < -0.4 is 5.32 Å². The fourth-order valence-electron chi connectivity index (χ4n) is 1.53. The highest BCUT2D eigenvalue weighted by molar-refractivity contribution is 5.94. The first-order valence-corrected chi connectivity index (χ1v) is 6.25. The Labute approximate surface area is 116 Å². The van der Waals surface area contributed by atoms with Crippen molar-refractivity contribution in [2.75, 3.05) is 13.2 Å². The zero-order valence-electron chi connectivity index (χ0n) is 11.4. The molecular weight excluding hydrogens is 258 g/mol. The number of carbonyl (C=O) groups is 1. The third-order valence-electron chi connectivity index (χ3n) is 2.91. The van der Waals surface area contributed by atoms with Gasteiger partial charge in [-0.05, 0) is 17.3 Å². The number of aromatic amines is 1. The second kappa shape index (κ2) is 5.79. The molecule has 1 aromatic heterocycles. The molecule has 0 aliphatic heterocycles. The van der Waals surface area contributed by atoms with Gasteiger partial charge in [-0.15, -0.1) is 10.2 Å². The smallest absolute Gasteiger partial charge is 0.251 e. The molecule has 3 N–H and O–H groups in total. The van der Waals surface area contributed by atoms with Crippen LogP contribution in [0.5, 0.6) is 0 Å². The fourth-order valence-corrected chi connectivity index (χ4v) is 1.53. The Morgan fingerprint density at radius 3 is 2.60 bits per heavy atom. The molecule has 0 saturated heterocycles. The van der Waals surface area contributed by atoms with Crippen LogP contribution in [0, 0.1) is 5.41 Å². The van der Waals surface area contributed by atoms with E-state index in [9.17, 15) is 4.79 Å². The Kier molecular flexibility index (Phi) is 4.09. The van der Waals surface area contributed by atoms with Gasteiger partial charge in [-0.1, -0.05) is 26.0 Å². The summed E-state index contributed by atoms with van der Waals surface area (Å²) in [6.45, 7) is 4.19. The lowest BCUT2D eigenvalue weighted by Crippen LogP contribution is -2.36. The van der Waals surface area contributed by atoms with E-state index >= 15 is 0 Å². The summed E-state index contributed by atoms with van der Waals surface area (Å²) in [4.78, 5) is 12.0. The maximum Gasteiger partial charge on any atom is 0.251 e. The molecule has 0 saturated carbocycles. The lowest BCUT2D eigenvalue weighted by atomic mass is 9.95. The lowest BCUT2D eigenvalue weighted by Gasteiger charge is -2.21. The molecule has 1 heterocycles. The summed E-state index contributed by atoms with van der Waals surface area (Å²) < 4.78 is 0. The Bertz CT molecular complexity index is 563. The van der Waals surface area contributed by atoms with Crippen LogP contribution in [0.25, 0.3) is 11.4 Å². The molecule has 0 atom stereocenters. The van der Waals surface area contributed by atoms with Gasteiger partial charge in [-0.3, -0.25) is 4.79 Å². The van der Waals surface area contributed by atoms with Crippen LogP contribution >= 0.6 is 0 Å². The number of nitrogens with zero attached hydrogens (tertiary/aromatic N) is 3. The molecule has 1 amide bonds. The maximum atomic E-state index is 12.0. The van der Waals surface area contributed by atoms with E-state index < -0.39 is 0 Å². The van der Waals surface area contributed by atoms with Crippen LogP contribution in [0.1, 0.15) is 24.2 Å². The number of H-pyrrole nitrogens is 1. The molecule has 0 bridgehead atoms. The predicted octanol–water partition coefficient (Wildman–Crippen LogP) is 0.615. The highest BCUT2D eigenvalue weighted by Gasteiger charge is 2.18. The normalized spacial score (nSPS) is 11.3. The van der Waals surface area contributed by atoms with Crippen LogP contribution in [0.3, 0.4) is 0 Å². The number of aromatic nitrogens is 4. The van der Waals surface area contributed by atoms with Gasteiger partial charge < -0.3 is 10.4 Å². The molecule has 7 nitrogen and oxygen atoms in total. The van der Waals surface area contributed by atoms with Gasteiger partial charge >= 0.3 is 0 Å². The first-order chi connectivity index (χ1) is 9.52. The van der Waals surface area contributed by atoms with Gasteiger partial charge in [0.15, 0.2) is 0 Å². The molecule has 0 aliphatic rings. The monoisotopic (exact) mass is 275 g/mol. The van der Waals surface area contributed by atoms with Crippen molar-refractivity contribution < 1.29 is 9.90 Å². The number of carbonyl (C=O) groups excluding carboxylic acids is 1. The van der Waals surface area contributed by atoms with Gasteiger partial charge in [-0.2, -0.15) is 5.21 Å². The first kappa shape index (κ1) is 14.1. The van der Waals surface area contributed by atoms with Gasteiger partial charge in [0.05, 0.1) is 0 Å². The zero-order valence-corrected chi connectivity index (χ0v) is 11.4. The lowest BCUT2D eigenvalue weighted by molar-refractivity contribution is 0.0911. The summed E-state index contributed by atoms with van der Waals surface area (Å²) in [5.41, 5.74) is 0.997. The molecule has 2 aromatic rings. The molecule has 0 fully saturated rings. The Morgan fingerprint density at radius 2 is 2.05 bits per heavy atom. The number of benzene rings is 1. The summed E-state index contributed by atoms with van der Waals surface area (Å²) in [6, 6.07) is 6.92. The van der Waals surface area contributed by atoms with Gasteiger partial charge in [0.2, 0.25) is 5.82 Å². The average molecular weight is 275 g/mol. The number of hydrogen-bond donors (Lipinski definition) is 3. The maximum absolute atomic E-state index is 12.0. The number of nitrogens with one attached hydrogen (secondary N) is 2. The second-order valence-electron chi connectivity index (χ2n) is 5.32. The van der Waals surface area contributed by atoms with Crippen LogP contribution in [-0.2, 0) is 0 Å². The van der Waals surface area contributed by atoms with E-state index in [4.69, 9.17) is 5.11 Å². The minimum Gasteiger partial charge on any atom is -0.396 e. The number of aliphatic hydroxyl groups excluding tert-OH is 1. The fraction of sp³-hybridized carbons (Fsp3) is 0.385. The quantitative estimate of drug-likeness (QED) is 0.742. The zero-order chi connectivity index (χ0) is 14.6. The third-order valence-corrected chi connectivity index (χ3v) is 2.91. The van der Waals surface area contributed by atoms with Crippen molar-refractivity contribution in [3.05, 3.63) is 29.8 Å². The summed E-state index contributed by atoms with van der Waals surface area (Å²) in [6.07, 6.45) is 0. The molecule has 7 heteroatoms. The predicted molar refractivity (Wildman–Crippen MR) is 72.8 cm³/mol. The minimum atomic E-state index is -0.333. The van der Waals surface area contributed by atoms with Crippen molar-refractivity contribution in [2.45, 2.75) is 13.8 Å². The number of tetrazole rings is 1. The minimum absolute atomic E-state index is 0.0179. The van der Waals surface area contributed by atoms with Crippen molar-refractivity contribution >= 4 is 5.91 Å². The Balaban J connectivity index is 2.01. The number of aliphatic hydroxyl groups is 1. The van der Waals surface area contributed by atoms with Crippen LogP contribution in [-0.4, -0.2) is 44.8 Å². The van der Waals surface area contributed by atoms with Gasteiger partial charge in [-0.25, -0.2) is 0 Å². The molecule has 2 rings (SSSR count). The van der Waals surface area contributed by atoms with E-state index in [1.54, 1.807) is 24.3 Å². The third kappa shape index (κ3) is 3.39. The highest BCUT2D eigenvalue weighted by Crippen LogP contribution is 2.15. The summed E-state index contributed by atoms with van der Waals surface area (Å²) >= 11 is 0. The largest absolute Gasteiger partial charge is 0.396 e.